The van der Waals surface area contributed by atoms with Crippen LogP contribution in [-0.4, -0.2) is 13.7 Å². The molecule has 4 heteroatoms. The molecule has 0 saturated carbocycles. The molecule has 0 heterocycles. The minimum atomic E-state index is -0.362. The molecule has 0 aliphatic rings. The van der Waals surface area contributed by atoms with E-state index in [0.29, 0.717) is 24.5 Å². The monoisotopic (exact) mass is 261 g/mol. The number of methoxy groups -OCH3 is 1. The summed E-state index contributed by atoms with van der Waals surface area (Å²) < 4.78 is 23.9. The van der Waals surface area contributed by atoms with Crippen LogP contribution in [0.4, 0.5) is 10.1 Å². The normalized spacial score (nSPS) is 10.2. The first kappa shape index (κ1) is 13.2. The van der Waals surface area contributed by atoms with E-state index in [1.807, 2.05) is 24.3 Å². The van der Waals surface area contributed by atoms with Crippen molar-refractivity contribution in [1.29, 1.82) is 0 Å². The molecule has 0 bridgehead atoms. The Morgan fingerprint density at radius 2 is 1.89 bits per heavy atom. The van der Waals surface area contributed by atoms with Gasteiger partial charge in [-0.25, -0.2) is 4.39 Å². The van der Waals surface area contributed by atoms with E-state index >= 15 is 0 Å². The first-order valence-electron chi connectivity index (χ1n) is 6.00. The fraction of sp³-hybridized carbons (Fsp3) is 0.200. The molecule has 19 heavy (non-hydrogen) atoms. The number of anilines is 1. The van der Waals surface area contributed by atoms with Gasteiger partial charge in [-0.05, 0) is 29.8 Å². The van der Waals surface area contributed by atoms with Gasteiger partial charge in [-0.15, -0.1) is 0 Å². The maximum atomic E-state index is 13.5. The molecular weight excluding hydrogens is 245 g/mol. The minimum Gasteiger partial charge on any atom is -0.494 e. The third kappa shape index (κ3) is 3.37. The molecule has 0 fully saturated rings. The zero-order valence-corrected chi connectivity index (χ0v) is 10.7. The Kier molecular flexibility index (Phi) is 4.23. The summed E-state index contributed by atoms with van der Waals surface area (Å²) in [7, 11) is 1.44. The van der Waals surface area contributed by atoms with Crippen LogP contribution in [0.1, 0.15) is 5.56 Å². The van der Waals surface area contributed by atoms with Crippen molar-refractivity contribution >= 4 is 5.69 Å². The molecule has 0 saturated heterocycles. The summed E-state index contributed by atoms with van der Waals surface area (Å²) in [6.07, 6.45) is 0.606. The summed E-state index contributed by atoms with van der Waals surface area (Å²) in [5.74, 6) is 0.535. The molecule has 0 aliphatic heterocycles. The van der Waals surface area contributed by atoms with Gasteiger partial charge in [0.1, 0.15) is 5.75 Å². The molecule has 0 unspecified atom stereocenters. The van der Waals surface area contributed by atoms with Gasteiger partial charge in [0, 0.05) is 6.42 Å². The van der Waals surface area contributed by atoms with Gasteiger partial charge in [-0.3, -0.25) is 0 Å². The highest BCUT2D eigenvalue weighted by molar-refractivity contribution is 5.51. The molecule has 0 aliphatic carbocycles. The van der Waals surface area contributed by atoms with Crippen molar-refractivity contribution in [3.8, 4) is 11.5 Å². The van der Waals surface area contributed by atoms with Crippen molar-refractivity contribution in [1.82, 2.24) is 0 Å². The van der Waals surface area contributed by atoms with Crippen LogP contribution in [0.2, 0.25) is 0 Å². The SMILES string of the molecule is COc1ccc(CCOc2ccccc2N)cc1F. The number of nitrogen functional groups attached to an aromatic ring is 1. The quantitative estimate of drug-likeness (QED) is 0.841. The predicted octanol–water partition coefficient (Wildman–Crippen LogP) is 3.04. The van der Waals surface area contributed by atoms with Crippen molar-refractivity contribution < 1.29 is 13.9 Å². The van der Waals surface area contributed by atoms with Gasteiger partial charge in [0.15, 0.2) is 11.6 Å². The molecule has 2 aromatic carbocycles. The van der Waals surface area contributed by atoms with Crippen molar-refractivity contribution in [2.45, 2.75) is 6.42 Å². The molecule has 0 spiro atoms. The van der Waals surface area contributed by atoms with Gasteiger partial charge >= 0.3 is 0 Å². The second-order valence-electron chi connectivity index (χ2n) is 4.11. The maximum absolute atomic E-state index is 13.5. The highest BCUT2D eigenvalue weighted by Crippen LogP contribution is 2.21. The summed E-state index contributed by atoms with van der Waals surface area (Å²) in [5, 5.41) is 0. The van der Waals surface area contributed by atoms with E-state index in [0.717, 1.165) is 5.56 Å². The van der Waals surface area contributed by atoms with E-state index in [4.69, 9.17) is 15.2 Å². The molecule has 2 rings (SSSR count). The highest BCUT2D eigenvalue weighted by atomic mass is 19.1. The number of para-hydroxylation sites is 2. The largest absolute Gasteiger partial charge is 0.494 e. The second-order valence-corrected chi connectivity index (χ2v) is 4.11. The van der Waals surface area contributed by atoms with E-state index in [1.165, 1.54) is 13.2 Å². The zero-order valence-electron chi connectivity index (χ0n) is 10.7. The Bertz CT molecular complexity index is 558. The van der Waals surface area contributed by atoms with Crippen LogP contribution in [-0.2, 0) is 6.42 Å². The average Bonchev–Trinajstić information content (AvgIpc) is 2.41. The summed E-state index contributed by atoms with van der Waals surface area (Å²) in [6, 6.07) is 12.2. The Morgan fingerprint density at radius 3 is 2.58 bits per heavy atom. The Morgan fingerprint density at radius 1 is 1.11 bits per heavy atom. The van der Waals surface area contributed by atoms with E-state index in [2.05, 4.69) is 0 Å². The highest BCUT2D eigenvalue weighted by Gasteiger charge is 2.04. The Hall–Kier alpha value is -2.23. The molecule has 3 nitrogen and oxygen atoms in total. The molecule has 0 amide bonds. The van der Waals surface area contributed by atoms with Gasteiger partial charge < -0.3 is 15.2 Å². The number of halogens is 1. The van der Waals surface area contributed by atoms with Crippen LogP contribution in [0.5, 0.6) is 11.5 Å². The van der Waals surface area contributed by atoms with E-state index in [1.54, 1.807) is 12.1 Å². The average molecular weight is 261 g/mol. The predicted molar refractivity (Wildman–Crippen MR) is 73.0 cm³/mol. The van der Waals surface area contributed by atoms with Crippen LogP contribution in [0.25, 0.3) is 0 Å². The van der Waals surface area contributed by atoms with E-state index in [-0.39, 0.29) is 11.6 Å². The molecular formula is C15H16FNO2. The summed E-state index contributed by atoms with van der Waals surface area (Å²) >= 11 is 0. The number of ether oxygens (including phenoxy) is 2. The lowest BCUT2D eigenvalue weighted by atomic mass is 10.1. The van der Waals surface area contributed by atoms with Gasteiger partial charge in [-0.1, -0.05) is 18.2 Å². The number of hydrogen-bond acceptors (Lipinski definition) is 3. The number of rotatable bonds is 5. The Labute approximate surface area is 111 Å². The lowest BCUT2D eigenvalue weighted by molar-refractivity contribution is 0.323. The van der Waals surface area contributed by atoms with Gasteiger partial charge in [-0.2, -0.15) is 0 Å². The molecule has 0 atom stereocenters. The van der Waals surface area contributed by atoms with E-state index in [9.17, 15) is 4.39 Å². The van der Waals surface area contributed by atoms with Gasteiger partial charge in [0.25, 0.3) is 0 Å². The number of hydrogen-bond donors (Lipinski definition) is 1. The zero-order chi connectivity index (χ0) is 13.7. The van der Waals surface area contributed by atoms with Crippen LogP contribution in [0.15, 0.2) is 42.5 Å². The molecule has 100 valence electrons. The fourth-order valence-electron chi connectivity index (χ4n) is 1.76. The van der Waals surface area contributed by atoms with Crippen molar-refractivity contribution in [3.63, 3.8) is 0 Å². The fourth-order valence-corrected chi connectivity index (χ4v) is 1.76. The van der Waals surface area contributed by atoms with Gasteiger partial charge in [0.2, 0.25) is 0 Å². The number of nitrogens with two attached hydrogens (primary N) is 1. The van der Waals surface area contributed by atoms with Gasteiger partial charge in [0.05, 0.1) is 19.4 Å². The molecule has 2 aromatic rings. The summed E-state index contributed by atoms with van der Waals surface area (Å²) in [5.41, 5.74) is 7.22. The van der Waals surface area contributed by atoms with Crippen LogP contribution in [0.3, 0.4) is 0 Å². The van der Waals surface area contributed by atoms with Crippen molar-refractivity contribution in [3.05, 3.63) is 53.8 Å². The minimum absolute atomic E-state index is 0.247. The van der Waals surface area contributed by atoms with Crippen LogP contribution < -0.4 is 15.2 Å². The third-order valence-electron chi connectivity index (χ3n) is 2.78. The molecule has 0 aromatic heterocycles. The van der Waals surface area contributed by atoms with Crippen molar-refractivity contribution in [2.24, 2.45) is 0 Å². The first-order chi connectivity index (χ1) is 9.20. The topological polar surface area (TPSA) is 44.5 Å². The number of benzene rings is 2. The Balaban J connectivity index is 1.93. The molecule has 0 radical (unpaired) electrons. The first-order valence-corrected chi connectivity index (χ1v) is 6.00. The lowest BCUT2D eigenvalue weighted by Gasteiger charge is -2.09. The smallest absolute Gasteiger partial charge is 0.165 e. The lowest BCUT2D eigenvalue weighted by Crippen LogP contribution is -2.03. The third-order valence-corrected chi connectivity index (χ3v) is 2.78. The maximum Gasteiger partial charge on any atom is 0.165 e. The summed E-state index contributed by atoms with van der Waals surface area (Å²) in [6.45, 7) is 0.444. The standard InChI is InChI=1S/C15H16FNO2/c1-18-14-7-6-11(10-12(14)16)8-9-19-15-5-3-2-4-13(15)17/h2-7,10H,8-9,17H2,1H3. The van der Waals surface area contributed by atoms with Crippen LogP contribution in [0, 0.1) is 5.82 Å². The van der Waals surface area contributed by atoms with Crippen LogP contribution >= 0.6 is 0 Å². The van der Waals surface area contributed by atoms with E-state index < -0.39 is 0 Å². The van der Waals surface area contributed by atoms with Crippen molar-refractivity contribution in [2.75, 3.05) is 19.5 Å². The molecule has 2 N–H and O–H groups in total. The second kappa shape index (κ2) is 6.09. The summed E-state index contributed by atoms with van der Waals surface area (Å²) in [4.78, 5) is 0.